The van der Waals surface area contributed by atoms with Crippen LogP contribution in [0.4, 0.5) is 0 Å². The van der Waals surface area contributed by atoms with Gasteiger partial charge in [0.05, 0.1) is 26.4 Å². The summed E-state index contributed by atoms with van der Waals surface area (Å²) in [6.45, 7) is -3.39. The Morgan fingerprint density at radius 1 is 0.333 bits per heavy atom. The largest absolute Gasteiger partial charge is 0.394 e. The first kappa shape index (κ1) is 37.0. The van der Waals surface area contributed by atoms with Crippen molar-refractivity contribution in [2.24, 2.45) is 0 Å². The van der Waals surface area contributed by atoms with Crippen LogP contribution < -0.4 is 0 Å². The number of hydrogen-bond donors (Lipinski definition) is 14. The van der Waals surface area contributed by atoms with Crippen LogP contribution in [0, 0.1) is 0 Å². The monoisotopic (exact) mass is 666 g/mol. The molecule has 4 aliphatic heterocycles. The second-order valence-electron chi connectivity index (χ2n) is 11.1. The molecule has 14 N–H and O–H groups in total. The quantitative estimate of drug-likeness (QED) is 0.103. The molecule has 0 aromatic carbocycles. The normalized spacial score (nSPS) is 52.9. The molecule has 4 rings (SSSR count). The van der Waals surface area contributed by atoms with Crippen LogP contribution in [-0.4, -0.2) is 221 Å². The first-order chi connectivity index (χ1) is 21.3. The van der Waals surface area contributed by atoms with Crippen molar-refractivity contribution < 1.29 is 105 Å². The molecule has 45 heavy (non-hydrogen) atoms. The van der Waals surface area contributed by atoms with Gasteiger partial charge in [-0.25, -0.2) is 0 Å². The average Bonchev–Trinajstić information content (AvgIpc) is 3.03. The van der Waals surface area contributed by atoms with Gasteiger partial charge in [-0.15, -0.1) is 0 Å². The number of aliphatic hydroxyl groups is 14. The zero-order valence-corrected chi connectivity index (χ0v) is 23.5. The van der Waals surface area contributed by atoms with Crippen LogP contribution in [-0.2, 0) is 33.2 Å². The Balaban J connectivity index is 1.43. The molecule has 0 aromatic rings. The second-order valence-corrected chi connectivity index (χ2v) is 11.1. The highest BCUT2D eigenvalue weighted by atomic mass is 16.8. The van der Waals surface area contributed by atoms with Crippen LogP contribution in [0.5, 0.6) is 0 Å². The van der Waals surface area contributed by atoms with Crippen LogP contribution in [0.25, 0.3) is 0 Å². The van der Waals surface area contributed by atoms with Crippen LogP contribution >= 0.6 is 0 Å². The summed E-state index contributed by atoms with van der Waals surface area (Å²) in [7, 11) is 0. The van der Waals surface area contributed by atoms with Gasteiger partial charge in [0.1, 0.15) is 97.7 Å². The van der Waals surface area contributed by atoms with Gasteiger partial charge in [-0.05, 0) is 0 Å². The van der Waals surface area contributed by atoms with E-state index < -0.39 is 149 Å². The van der Waals surface area contributed by atoms with E-state index in [4.69, 9.17) is 33.2 Å². The van der Waals surface area contributed by atoms with E-state index in [-0.39, 0.29) is 0 Å². The summed E-state index contributed by atoms with van der Waals surface area (Å²) >= 11 is 0. The second kappa shape index (κ2) is 15.6. The summed E-state index contributed by atoms with van der Waals surface area (Å²) in [4.78, 5) is 0. The molecule has 0 amide bonds. The molecule has 21 nitrogen and oxygen atoms in total. The molecule has 4 aliphatic rings. The van der Waals surface area contributed by atoms with Gasteiger partial charge < -0.3 is 105 Å². The van der Waals surface area contributed by atoms with Gasteiger partial charge in [0.2, 0.25) is 0 Å². The van der Waals surface area contributed by atoms with E-state index in [2.05, 4.69) is 0 Å². The Bertz CT molecular complexity index is 910. The zero-order chi connectivity index (χ0) is 33.3. The third-order valence-electron chi connectivity index (χ3n) is 8.20. The summed E-state index contributed by atoms with van der Waals surface area (Å²) < 4.78 is 37.7. The van der Waals surface area contributed by atoms with Crippen molar-refractivity contribution in [2.45, 2.75) is 123 Å². The number of aliphatic hydroxyl groups excluding tert-OH is 14. The number of ether oxygens (including phenoxy) is 7. The average molecular weight is 667 g/mol. The van der Waals surface area contributed by atoms with Gasteiger partial charge in [-0.3, -0.25) is 0 Å². The number of hydrogen-bond acceptors (Lipinski definition) is 21. The van der Waals surface area contributed by atoms with E-state index in [9.17, 15) is 71.5 Å². The Morgan fingerprint density at radius 2 is 0.644 bits per heavy atom. The smallest absolute Gasteiger partial charge is 0.187 e. The first-order valence-electron chi connectivity index (χ1n) is 14.1. The van der Waals surface area contributed by atoms with Crippen molar-refractivity contribution in [3.05, 3.63) is 0 Å². The minimum Gasteiger partial charge on any atom is -0.394 e. The lowest BCUT2D eigenvalue weighted by Crippen LogP contribution is -2.67. The van der Waals surface area contributed by atoms with Crippen molar-refractivity contribution in [2.75, 3.05) is 26.4 Å². The molecule has 4 saturated heterocycles. The van der Waals surface area contributed by atoms with E-state index in [1.165, 1.54) is 0 Å². The molecule has 264 valence electrons. The molecule has 0 aliphatic carbocycles. The molecule has 0 spiro atoms. The van der Waals surface area contributed by atoms with Crippen molar-refractivity contribution >= 4 is 0 Å². The topological polar surface area (TPSA) is 348 Å². The minimum atomic E-state index is -2.02. The highest BCUT2D eigenvalue weighted by Crippen LogP contribution is 2.34. The lowest BCUT2D eigenvalue weighted by molar-refractivity contribution is -0.387. The lowest BCUT2D eigenvalue weighted by Gasteiger charge is -2.49. The molecule has 4 heterocycles. The fourth-order valence-electron chi connectivity index (χ4n) is 5.55. The maximum atomic E-state index is 10.9. The van der Waals surface area contributed by atoms with Crippen LogP contribution in [0.2, 0.25) is 0 Å². The van der Waals surface area contributed by atoms with E-state index in [0.29, 0.717) is 0 Å². The standard InChI is InChI=1S/C24H42O21/c25-1-5-9(29)10(30)15(35)22(40-5)44-19-7(3-27)42-24(17(37)12(19)32)45-20-8(4-28)41-23(16(36)13(20)33)43-18-6(2-26)39-21(38)14(34)11(18)31/h5-38H,1-4H2/t5-,6-,7-,8-,9-,10+,11-,12-,13-,14-,15-,16-,17-,18-,19-,20-,21-,22-,23+,24-/m1/s1. The molecular formula is C24H42O21. The third kappa shape index (κ3) is 7.44. The zero-order valence-electron chi connectivity index (χ0n) is 23.5. The van der Waals surface area contributed by atoms with Crippen LogP contribution in [0.15, 0.2) is 0 Å². The Labute approximate surface area is 254 Å². The van der Waals surface area contributed by atoms with Gasteiger partial charge in [0.15, 0.2) is 25.2 Å². The molecule has 0 aromatic heterocycles. The molecule has 0 bridgehead atoms. The van der Waals surface area contributed by atoms with Crippen molar-refractivity contribution in [3.8, 4) is 0 Å². The Morgan fingerprint density at radius 3 is 1.02 bits per heavy atom. The molecule has 20 atom stereocenters. The fourth-order valence-corrected chi connectivity index (χ4v) is 5.55. The van der Waals surface area contributed by atoms with E-state index in [1.54, 1.807) is 0 Å². The van der Waals surface area contributed by atoms with Gasteiger partial charge in [-0.1, -0.05) is 0 Å². The number of rotatable bonds is 10. The summed E-state index contributed by atoms with van der Waals surface area (Å²) in [6, 6.07) is 0. The minimum absolute atomic E-state index is 0.784. The fraction of sp³-hybridized carbons (Fsp3) is 1.00. The maximum absolute atomic E-state index is 10.9. The van der Waals surface area contributed by atoms with Crippen LogP contribution in [0.3, 0.4) is 0 Å². The molecular weight excluding hydrogens is 624 g/mol. The molecule has 0 saturated carbocycles. The Hall–Kier alpha value is -0.840. The van der Waals surface area contributed by atoms with Crippen molar-refractivity contribution in [3.63, 3.8) is 0 Å². The maximum Gasteiger partial charge on any atom is 0.187 e. The third-order valence-corrected chi connectivity index (χ3v) is 8.20. The summed E-state index contributed by atoms with van der Waals surface area (Å²) in [6.07, 6.45) is -35.3. The summed E-state index contributed by atoms with van der Waals surface area (Å²) in [5, 5.41) is 142. The summed E-state index contributed by atoms with van der Waals surface area (Å²) in [5.41, 5.74) is 0. The highest BCUT2D eigenvalue weighted by molar-refractivity contribution is 4.97. The highest BCUT2D eigenvalue weighted by Gasteiger charge is 2.55. The molecule has 0 unspecified atom stereocenters. The summed E-state index contributed by atoms with van der Waals surface area (Å²) in [5.74, 6) is 0. The predicted octanol–water partition coefficient (Wildman–Crippen LogP) is -9.75. The van der Waals surface area contributed by atoms with E-state index >= 15 is 0 Å². The van der Waals surface area contributed by atoms with Crippen molar-refractivity contribution in [1.82, 2.24) is 0 Å². The molecule has 21 heteroatoms. The first-order valence-corrected chi connectivity index (χ1v) is 14.1. The van der Waals surface area contributed by atoms with Crippen molar-refractivity contribution in [1.29, 1.82) is 0 Å². The van der Waals surface area contributed by atoms with Gasteiger partial charge in [0.25, 0.3) is 0 Å². The SMILES string of the molecule is OC[C@H]1O[C@H](O[C@H]2[C@H](O)[C@@H](O)[C@@H](O[C@H]3[C@H](O)[C@@H](O)[C@H](O[C@H]4[C@H](O)[C@@H](O)[C@H](O)O[C@@H]4CO)O[C@@H]3CO)O[C@@H]2CO)[C@H](O)[C@@H](O)[C@@H]1O. The van der Waals surface area contributed by atoms with Crippen LogP contribution in [0.1, 0.15) is 0 Å². The molecule has 4 fully saturated rings. The lowest BCUT2D eigenvalue weighted by atomic mass is 9.95. The van der Waals surface area contributed by atoms with Gasteiger partial charge in [-0.2, -0.15) is 0 Å². The van der Waals surface area contributed by atoms with E-state index in [1.807, 2.05) is 0 Å². The van der Waals surface area contributed by atoms with E-state index in [0.717, 1.165) is 0 Å². The Kier molecular flexibility index (Phi) is 12.8. The van der Waals surface area contributed by atoms with Gasteiger partial charge in [0, 0.05) is 0 Å². The molecule has 0 radical (unpaired) electrons. The predicted molar refractivity (Wildman–Crippen MR) is 134 cm³/mol. The van der Waals surface area contributed by atoms with Gasteiger partial charge >= 0.3 is 0 Å².